The maximum absolute atomic E-state index is 12.5. The van der Waals surface area contributed by atoms with Gasteiger partial charge >= 0.3 is 0 Å². The van der Waals surface area contributed by atoms with Crippen molar-refractivity contribution in [3.05, 3.63) is 108 Å². The van der Waals surface area contributed by atoms with Gasteiger partial charge in [-0.25, -0.2) is 5.43 Å². The van der Waals surface area contributed by atoms with Gasteiger partial charge in [-0.05, 0) is 65.7 Å². The van der Waals surface area contributed by atoms with Crippen LogP contribution in [0.5, 0.6) is 5.75 Å². The average molecular weight is 437 g/mol. The Morgan fingerprint density at radius 3 is 2.39 bits per heavy atom. The van der Waals surface area contributed by atoms with E-state index in [1.54, 1.807) is 36.5 Å². The second-order valence-corrected chi connectivity index (χ2v) is 7.50. The molecule has 0 saturated carbocycles. The first-order valence-corrected chi connectivity index (χ1v) is 10.5. The Kier molecular flexibility index (Phi) is 6.75. The third kappa shape index (κ3) is 5.83. The lowest BCUT2D eigenvalue weighted by molar-refractivity contribution is -0.118. The smallest absolute Gasteiger partial charge is 0.271 e. The Labute approximate surface area is 191 Å². The SMILES string of the molecule is Cc1ccc(NC(=O)COc2ccc(/C=N\NC(=O)c3cccc4ccccc34)cc2)cc1. The van der Waals surface area contributed by atoms with E-state index in [2.05, 4.69) is 15.8 Å². The van der Waals surface area contributed by atoms with Gasteiger partial charge in [0.2, 0.25) is 0 Å². The lowest BCUT2D eigenvalue weighted by atomic mass is 10.0. The lowest BCUT2D eigenvalue weighted by Gasteiger charge is -2.08. The molecular formula is C27H23N3O3. The highest BCUT2D eigenvalue weighted by molar-refractivity contribution is 6.07. The van der Waals surface area contributed by atoms with Crippen LogP contribution >= 0.6 is 0 Å². The van der Waals surface area contributed by atoms with E-state index in [0.717, 1.165) is 27.6 Å². The van der Waals surface area contributed by atoms with Crippen LogP contribution in [0.4, 0.5) is 5.69 Å². The van der Waals surface area contributed by atoms with Crippen LogP contribution in [0.1, 0.15) is 21.5 Å². The second kappa shape index (κ2) is 10.2. The number of nitrogens with one attached hydrogen (secondary N) is 2. The summed E-state index contributed by atoms with van der Waals surface area (Å²) in [5.41, 5.74) is 5.77. The maximum atomic E-state index is 12.5. The second-order valence-electron chi connectivity index (χ2n) is 7.50. The molecule has 164 valence electrons. The molecule has 33 heavy (non-hydrogen) atoms. The minimum atomic E-state index is -0.275. The zero-order valence-electron chi connectivity index (χ0n) is 18.1. The number of hydrazone groups is 1. The largest absolute Gasteiger partial charge is 0.484 e. The van der Waals surface area contributed by atoms with Crippen LogP contribution in [0.25, 0.3) is 10.8 Å². The molecule has 0 unspecified atom stereocenters. The van der Waals surface area contributed by atoms with Crippen molar-refractivity contribution in [1.82, 2.24) is 5.43 Å². The summed E-state index contributed by atoms with van der Waals surface area (Å²) < 4.78 is 5.53. The summed E-state index contributed by atoms with van der Waals surface area (Å²) in [5, 5.41) is 8.71. The average Bonchev–Trinajstić information content (AvgIpc) is 2.84. The molecule has 4 aromatic rings. The van der Waals surface area contributed by atoms with Crippen LogP contribution < -0.4 is 15.5 Å². The number of carbonyl (C=O) groups excluding carboxylic acids is 2. The summed E-state index contributed by atoms with van der Waals surface area (Å²) in [4.78, 5) is 24.6. The van der Waals surface area contributed by atoms with Crippen molar-refractivity contribution in [3.8, 4) is 5.75 Å². The van der Waals surface area contributed by atoms with Gasteiger partial charge in [0, 0.05) is 11.3 Å². The molecule has 0 aliphatic heterocycles. The molecule has 6 heteroatoms. The predicted octanol–water partition coefficient (Wildman–Crippen LogP) is 4.93. The normalized spacial score (nSPS) is 10.8. The Morgan fingerprint density at radius 1 is 0.879 bits per heavy atom. The first kappa shape index (κ1) is 21.8. The molecule has 0 radical (unpaired) electrons. The van der Waals surface area contributed by atoms with Crippen LogP contribution in [-0.4, -0.2) is 24.6 Å². The number of ether oxygens (including phenoxy) is 1. The fourth-order valence-corrected chi connectivity index (χ4v) is 3.28. The van der Waals surface area contributed by atoms with Gasteiger partial charge in [-0.1, -0.05) is 54.1 Å². The van der Waals surface area contributed by atoms with Gasteiger partial charge in [0.25, 0.3) is 11.8 Å². The maximum Gasteiger partial charge on any atom is 0.271 e. The molecule has 0 bridgehead atoms. The molecule has 2 amide bonds. The molecule has 0 saturated heterocycles. The summed E-state index contributed by atoms with van der Waals surface area (Å²) in [6.45, 7) is 1.89. The number of anilines is 1. The first-order valence-electron chi connectivity index (χ1n) is 10.5. The van der Waals surface area contributed by atoms with E-state index in [4.69, 9.17) is 4.74 Å². The molecule has 0 aromatic heterocycles. The third-order valence-electron chi connectivity index (χ3n) is 5.00. The minimum absolute atomic E-state index is 0.0948. The number of amides is 2. The van der Waals surface area contributed by atoms with Crippen LogP contribution in [0.15, 0.2) is 96.1 Å². The van der Waals surface area contributed by atoms with Crippen LogP contribution in [0.3, 0.4) is 0 Å². The fraction of sp³-hybridized carbons (Fsp3) is 0.0741. The van der Waals surface area contributed by atoms with E-state index >= 15 is 0 Å². The Bertz CT molecular complexity index is 1290. The number of benzene rings is 4. The molecule has 0 heterocycles. The molecule has 4 aromatic carbocycles. The summed E-state index contributed by atoms with van der Waals surface area (Å²) in [6, 6.07) is 27.9. The van der Waals surface area contributed by atoms with Crippen molar-refractivity contribution < 1.29 is 14.3 Å². The van der Waals surface area contributed by atoms with Crippen molar-refractivity contribution in [2.75, 3.05) is 11.9 Å². The minimum Gasteiger partial charge on any atom is -0.484 e. The van der Waals surface area contributed by atoms with E-state index < -0.39 is 0 Å². The van der Waals surface area contributed by atoms with Gasteiger partial charge < -0.3 is 10.1 Å². The monoisotopic (exact) mass is 437 g/mol. The third-order valence-corrected chi connectivity index (χ3v) is 5.00. The topological polar surface area (TPSA) is 79.8 Å². The lowest BCUT2D eigenvalue weighted by Crippen LogP contribution is -2.20. The highest BCUT2D eigenvalue weighted by Gasteiger charge is 2.08. The zero-order valence-corrected chi connectivity index (χ0v) is 18.1. The van der Waals surface area contributed by atoms with Crippen LogP contribution in [-0.2, 0) is 4.79 Å². The number of aryl methyl sites for hydroxylation is 1. The molecule has 0 atom stereocenters. The molecule has 0 spiro atoms. The molecule has 2 N–H and O–H groups in total. The number of nitrogens with zero attached hydrogens (tertiary/aromatic N) is 1. The predicted molar refractivity (Wildman–Crippen MR) is 131 cm³/mol. The Hall–Kier alpha value is -4.45. The number of rotatable bonds is 7. The quantitative estimate of drug-likeness (QED) is 0.318. The standard InChI is InChI=1S/C27H23N3O3/c1-19-9-13-22(14-10-19)29-26(31)18-33-23-15-11-20(12-16-23)17-28-30-27(32)25-8-4-6-21-5-2-3-7-24(21)25/h2-17H,18H2,1H3,(H,29,31)(H,30,32)/b28-17-. The van der Waals surface area contributed by atoms with E-state index in [9.17, 15) is 9.59 Å². The number of hydrogen-bond donors (Lipinski definition) is 2. The summed E-state index contributed by atoms with van der Waals surface area (Å²) >= 11 is 0. The van der Waals surface area contributed by atoms with Gasteiger partial charge in [0.15, 0.2) is 6.61 Å². The van der Waals surface area contributed by atoms with Crippen molar-refractivity contribution >= 4 is 34.5 Å². The van der Waals surface area contributed by atoms with E-state index in [1.165, 1.54) is 0 Å². The molecule has 0 aliphatic rings. The molecule has 0 fully saturated rings. The number of hydrogen-bond acceptors (Lipinski definition) is 4. The summed E-state index contributed by atoms with van der Waals surface area (Å²) in [5.74, 6) is 0.0502. The number of fused-ring (bicyclic) bond motifs is 1. The molecular weight excluding hydrogens is 414 g/mol. The highest BCUT2D eigenvalue weighted by Crippen LogP contribution is 2.18. The first-order chi connectivity index (χ1) is 16.1. The van der Waals surface area contributed by atoms with Gasteiger partial charge in [-0.3, -0.25) is 9.59 Å². The van der Waals surface area contributed by atoms with Crippen molar-refractivity contribution in [2.45, 2.75) is 6.92 Å². The van der Waals surface area contributed by atoms with Crippen molar-refractivity contribution in [3.63, 3.8) is 0 Å². The van der Waals surface area contributed by atoms with Crippen molar-refractivity contribution in [1.29, 1.82) is 0 Å². The van der Waals surface area contributed by atoms with E-state index in [1.807, 2.05) is 67.6 Å². The molecule has 0 aliphatic carbocycles. The van der Waals surface area contributed by atoms with Crippen LogP contribution in [0, 0.1) is 6.92 Å². The van der Waals surface area contributed by atoms with Gasteiger partial charge in [-0.2, -0.15) is 5.10 Å². The highest BCUT2D eigenvalue weighted by atomic mass is 16.5. The molecule has 4 rings (SSSR count). The number of carbonyl (C=O) groups is 2. The van der Waals surface area contributed by atoms with Crippen molar-refractivity contribution in [2.24, 2.45) is 5.10 Å². The Morgan fingerprint density at radius 2 is 1.61 bits per heavy atom. The van der Waals surface area contributed by atoms with Gasteiger partial charge in [0.05, 0.1) is 6.21 Å². The van der Waals surface area contributed by atoms with E-state index in [-0.39, 0.29) is 18.4 Å². The van der Waals surface area contributed by atoms with Gasteiger partial charge in [-0.15, -0.1) is 0 Å². The fourth-order valence-electron chi connectivity index (χ4n) is 3.28. The van der Waals surface area contributed by atoms with E-state index in [0.29, 0.717) is 11.3 Å². The Balaban J connectivity index is 1.28. The zero-order chi connectivity index (χ0) is 23.0. The van der Waals surface area contributed by atoms with Crippen LogP contribution in [0.2, 0.25) is 0 Å². The molecule has 6 nitrogen and oxygen atoms in total. The summed E-state index contributed by atoms with van der Waals surface area (Å²) in [6.07, 6.45) is 1.55. The summed E-state index contributed by atoms with van der Waals surface area (Å²) in [7, 11) is 0. The van der Waals surface area contributed by atoms with Gasteiger partial charge in [0.1, 0.15) is 5.75 Å².